The molecule has 2 rings (SSSR count). The van der Waals surface area contributed by atoms with Gasteiger partial charge in [0, 0.05) is 12.2 Å². The summed E-state index contributed by atoms with van der Waals surface area (Å²) in [5, 5.41) is 0. The fourth-order valence-electron chi connectivity index (χ4n) is 1.95. The minimum Gasteiger partial charge on any atom is -0.465 e. The van der Waals surface area contributed by atoms with Gasteiger partial charge in [0.15, 0.2) is 0 Å². The summed E-state index contributed by atoms with van der Waals surface area (Å²) in [7, 11) is 1.37. The molecule has 0 aliphatic carbocycles. The zero-order valence-electron chi connectivity index (χ0n) is 10.5. The Kier molecular flexibility index (Phi) is 3.37. The molecule has 94 valence electrons. The van der Waals surface area contributed by atoms with Gasteiger partial charge in [0.25, 0.3) is 0 Å². The lowest BCUT2D eigenvalue weighted by Gasteiger charge is -2.07. The van der Waals surface area contributed by atoms with Crippen molar-refractivity contribution in [3.05, 3.63) is 48.4 Å². The highest BCUT2D eigenvalue weighted by Gasteiger charge is 2.19. The normalized spacial score (nSPS) is 10.3. The number of carbonyl (C=O) groups is 1. The van der Waals surface area contributed by atoms with Crippen LogP contribution in [0.3, 0.4) is 0 Å². The summed E-state index contributed by atoms with van der Waals surface area (Å²) < 4.78 is 12.1. The molecule has 2 heterocycles. The molecule has 0 aliphatic heterocycles. The lowest BCUT2D eigenvalue weighted by Crippen LogP contribution is -2.05. The second kappa shape index (κ2) is 4.96. The molecule has 0 bridgehead atoms. The zero-order valence-corrected chi connectivity index (χ0v) is 10.5. The number of aromatic nitrogens is 1. The summed E-state index contributed by atoms with van der Waals surface area (Å²) in [5.41, 5.74) is 2.23. The molecule has 2 aromatic rings. The van der Waals surface area contributed by atoms with Gasteiger partial charge >= 0.3 is 5.97 Å². The van der Waals surface area contributed by atoms with Crippen LogP contribution in [-0.4, -0.2) is 17.6 Å². The van der Waals surface area contributed by atoms with Gasteiger partial charge in [-0.3, -0.25) is 0 Å². The van der Waals surface area contributed by atoms with Crippen LogP contribution in [0.2, 0.25) is 0 Å². The van der Waals surface area contributed by atoms with Crippen molar-refractivity contribution in [1.82, 2.24) is 4.57 Å². The van der Waals surface area contributed by atoms with Crippen LogP contribution in [-0.2, 0) is 11.3 Å². The van der Waals surface area contributed by atoms with Crippen LogP contribution in [0.15, 0.2) is 41.5 Å². The first-order valence-electron chi connectivity index (χ1n) is 5.62. The molecule has 0 atom stereocenters. The van der Waals surface area contributed by atoms with E-state index >= 15 is 0 Å². The Labute approximate surface area is 105 Å². The summed E-state index contributed by atoms with van der Waals surface area (Å²) in [6, 6.07) is 5.45. The van der Waals surface area contributed by atoms with Crippen LogP contribution in [0.4, 0.5) is 0 Å². The molecule has 18 heavy (non-hydrogen) atoms. The Morgan fingerprint density at radius 2 is 2.39 bits per heavy atom. The van der Waals surface area contributed by atoms with E-state index in [1.54, 1.807) is 18.4 Å². The molecule has 0 amide bonds. The predicted molar refractivity (Wildman–Crippen MR) is 68.4 cm³/mol. The average molecular weight is 245 g/mol. The van der Waals surface area contributed by atoms with Gasteiger partial charge in [0.05, 0.1) is 24.6 Å². The summed E-state index contributed by atoms with van der Waals surface area (Å²) in [6.07, 6.45) is 3.38. The Balaban J connectivity index is 2.58. The van der Waals surface area contributed by atoms with E-state index in [1.165, 1.54) is 7.11 Å². The van der Waals surface area contributed by atoms with Crippen molar-refractivity contribution in [1.29, 1.82) is 0 Å². The minimum absolute atomic E-state index is 0.344. The van der Waals surface area contributed by atoms with Crippen molar-refractivity contribution in [2.75, 3.05) is 7.11 Å². The molecule has 0 unspecified atom stereocenters. The Hall–Kier alpha value is -2.23. The lowest BCUT2D eigenvalue weighted by atomic mass is 10.2. The largest absolute Gasteiger partial charge is 0.465 e. The smallest absolute Gasteiger partial charge is 0.339 e. The SMILES string of the molecule is C=CCn1c(-c2ccco2)cc(C(=O)OC)c1C. The van der Waals surface area contributed by atoms with Gasteiger partial charge in [0.2, 0.25) is 0 Å². The van der Waals surface area contributed by atoms with Crippen LogP contribution < -0.4 is 0 Å². The summed E-state index contributed by atoms with van der Waals surface area (Å²) in [4.78, 5) is 11.7. The number of ether oxygens (including phenoxy) is 1. The second-order valence-electron chi connectivity index (χ2n) is 3.90. The van der Waals surface area contributed by atoms with E-state index in [1.807, 2.05) is 23.6 Å². The van der Waals surface area contributed by atoms with Crippen molar-refractivity contribution in [2.24, 2.45) is 0 Å². The number of allylic oxidation sites excluding steroid dienone is 1. The first-order valence-corrected chi connectivity index (χ1v) is 5.62. The van der Waals surface area contributed by atoms with E-state index in [0.717, 1.165) is 17.1 Å². The summed E-state index contributed by atoms with van der Waals surface area (Å²) in [6.45, 7) is 6.21. The van der Waals surface area contributed by atoms with Gasteiger partial charge in [-0.15, -0.1) is 6.58 Å². The van der Waals surface area contributed by atoms with Crippen LogP contribution >= 0.6 is 0 Å². The Morgan fingerprint density at radius 1 is 1.61 bits per heavy atom. The number of nitrogens with zero attached hydrogens (tertiary/aromatic N) is 1. The van der Waals surface area contributed by atoms with Crippen molar-refractivity contribution in [2.45, 2.75) is 13.5 Å². The number of hydrogen-bond donors (Lipinski definition) is 0. The van der Waals surface area contributed by atoms with Crippen molar-refractivity contribution in [3.63, 3.8) is 0 Å². The second-order valence-corrected chi connectivity index (χ2v) is 3.90. The van der Waals surface area contributed by atoms with E-state index in [-0.39, 0.29) is 5.97 Å². The van der Waals surface area contributed by atoms with E-state index in [4.69, 9.17) is 9.15 Å². The minimum atomic E-state index is -0.344. The third-order valence-corrected chi connectivity index (χ3v) is 2.86. The highest BCUT2D eigenvalue weighted by molar-refractivity contribution is 5.92. The fourth-order valence-corrected chi connectivity index (χ4v) is 1.95. The predicted octanol–water partition coefficient (Wildman–Crippen LogP) is 3.03. The zero-order chi connectivity index (χ0) is 13.1. The first-order chi connectivity index (χ1) is 8.69. The van der Waals surface area contributed by atoms with Gasteiger partial charge in [-0.2, -0.15) is 0 Å². The molecular formula is C14H15NO3. The standard InChI is InChI=1S/C14H15NO3/c1-4-7-15-10(2)11(14(16)17-3)9-12(15)13-6-5-8-18-13/h4-6,8-9H,1,7H2,2-3H3. The van der Waals surface area contributed by atoms with Crippen LogP contribution in [0, 0.1) is 6.92 Å². The molecule has 0 N–H and O–H groups in total. The average Bonchev–Trinajstić information content (AvgIpc) is 2.99. The molecule has 0 aliphatic rings. The molecule has 0 saturated heterocycles. The van der Waals surface area contributed by atoms with Gasteiger partial charge in [-0.25, -0.2) is 4.79 Å². The molecule has 0 aromatic carbocycles. The van der Waals surface area contributed by atoms with Crippen molar-refractivity contribution in [3.8, 4) is 11.5 Å². The maximum absolute atomic E-state index is 11.7. The van der Waals surface area contributed by atoms with Crippen LogP contribution in [0.25, 0.3) is 11.5 Å². The molecule has 0 saturated carbocycles. The van der Waals surface area contributed by atoms with E-state index in [0.29, 0.717) is 12.1 Å². The molecule has 0 fully saturated rings. The van der Waals surface area contributed by atoms with Gasteiger partial charge in [-0.1, -0.05) is 6.08 Å². The number of carbonyl (C=O) groups excluding carboxylic acids is 1. The molecule has 0 radical (unpaired) electrons. The maximum Gasteiger partial charge on any atom is 0.339 e. The third-order valence-electron chi connectivity index (χ3n) is 2.86. The third kappa shape index (κ3) is 1.97. The monoisotopic (exact) mass is 245 g/mol. The lowest BCUT2D eigenvalue weighted by molar-refractivity contribution is 0.0600. The highest BCUT2D eigenvalue weighted by Crippen LogP contribution is 2.26. The van der Waals surface area contributed by atoms with E-state index in [2.05, 4.69) is 6.58 Å². The quantitative estimate of drug-likeness (QED) is 0.614. The van der Waals surface area contributed by atoms with Crippen LogP contribution in [0.5, 0.6) is 0 Å². The Morgan fingerprint density at radius 3 is 2.94 bits per heavy atom. The topological polar surface area (TPSA) is 44.4 Å². The first kappa shape index (κ1) is 12.2. The highest BCUT2D eigenvalue weighted by atomic mass is 16.5. The number of furan rings is 1. The molecule has 4 nitrogen and oxygen atoms in total. The summed E-state index contributed by atoms with van der Waals surface area (Å²) >= 11 is 0. The molecule has 2 aromatic heterocycles. The van der Waals surface area contributed by atoms with Gasteiger partial charge < -0.3 is 13.7 Å². The van der Waals surface area contributed by atoms with E-state index in [9.17, 15) is 4.79 Å². The van der Waals surface area contributed by atoms with Crippen LogP contribution in [0.1, 0.15) is 16.1 Å². The maximum atomic E-state index is 11.7. The van der Waals surface area contributed by atoms with E-state index < -0.39 is 0 Å². The van der Waals surface area contributed by atoms with Gasteiger partial charge in [0.1, 0.15) is 5.76 Å². The Bertz CT molecular complexity index is 564. The fraction of sp³-hybridized carbons (Fsp3) is 0.214. The van der Waals surface area contributed by atoms with Crippen molar-refractivity contribution >= 4 is 5.97 Å². The molecule has 0 spiro atoms. The number of esters is 1. The molecule has 4 heteroatoms. The number of hydrogen-bond acceptors (Lipinski definition) is 3. The van der Waals surface area contributed by atoms with Crippen molar-refractivity contribution < 1.29 is 13.9 Å². The number of rotatable bonds is 4. The molecular weight excluding hydrogens is 230 g/mol. The number of methoxy groups -OCH3 is 1. The van der Waals surface area contributed by atoms with Gasteiger partial charge in [-0.05, 0) is 25.1 Å². The summed E-state index contributed by atoms with van der Waals surface area (Å²) in [5.74, 6) is 0.373.